The van der Waals surface area contributed by atoms with Crippen molar-refractivity contribution in [3.63, 3.8) is 0 Å². The summed E-state index contributed by atoms with van der Waals surface area (Å²) >= 11 is 1.42. The van der Waals surface area contributed by atoms with Gasteiger partial charge < -0.3 is 15.2 Å². The number of aromatic hydroxyl groups is 1. The Morgan fingerprint density at radius 2 is 1.79 bits per heavy atom. The van der Waals surface area contributed by atoms with Gasteiger partial charge in [-0.15, -0.1) is 16.2 Å². The number of benzene rings is 4. The zero-order valence-corrected chi connectivity index (χ0v) is 24.4. The fraction of sp³-hybridized carbons (Fsp3) is 0.118. The highest BCUT2D eigenvalue weighted by Gasteiger charge is 2.20. The maximum atomic E-state index is 13.4. The molecule has 0 atom stereocenters. The van der Waals surface area contributed by atoms with Crippen molar-refractivity contribution in [1.82, 2.24) is 20.2 Å². The number of nitrogens with one attached hydrogen (secondary N) is 1. The molecule has 0 saturated heterocycles. The number of aryl methyl sites for hydroxylation is 3. The van der Waals surface area contributed by atoms with E-state index in [-0.39, 0.29) is 11.3 Å². The van der Waals surface area contributed by atoms with Crippen LogP contribution in [0.2, 0.25) is 0 Å². The van der Waals surface area contributed by atoms with Crippen LogP contribution in [0.3, 0.4) is 0 Å². The molecular weight excluding hydrogens is 558 g/mol. The number of hydrogen-bond donors (Lipinski definition) is 2. The number of ether oxygens (including phenoxy) is 1. The largest absolute Gasteiger partial charge is 0.506 e. The van der Waals surface area contributed by atoms with Gasteiger partial charge in [-0.1, -0.05) is 60.3 Å². The van der Waals surface area contributed by atoms with E-state index in [9.17, 15) is 9.90 Å². The van der Waals surface area contributed by atoms with Crippen molar-refractivity contribution in [3.05, 3.63) is 94.5 Å². The van der Waals surface area contributed by atoms with Gasteiger partial charge >= 0.3 is 0 Å². The summed E-state index contributed by atoms with van der Waals surface area (Å²) < 4.78 is 7.72. The lowest BCUT2D eigenvalue weighted by molar-refractivity contribution is 0.102. The first-order valence-electron chi connectivity index (χ1n) is 13.1. The van der Waals surface area contributed by atoms with Gasteiger partial charge in [0.1, 0.15) is 17.2 Å². The average molecular weight is 584 g/mol. The maximum absolute atomic E-state index is 13.4. The van der Waals surface area contributed by atoms with E-state index in [1.54, 1.807) is 12.1 Å². The Kier molecular flexibility index (Phi) is 8.63. The Bertz CT molecular complexity index is 2040. The third kappa shape index (κ3) is 6.63. The van der Waals surface area contributed by atoms with Crippen LogP contribution in [0, 0.1) is 56.9 Å². The molecular formula is C34H25N5O3S. The van der Waals surface area contributed by atoms with Gasteiger partial charge in [-0.05, 0) is 83.5 Å². The molecule has 1 amide bonds. The van der Waals surface area contributed by atoms with Crippen LogP contribution in [0.15, 0.2) is 71.9 Å². The molecule has 9 heteroatoms. The van der Waals surface area contributed by atoms with Gasteiger partial charge in [0, 0.05) is 34.1 Å². The SMILES string of the molecule is C#CC#CC#Cn1nnnc1SCc1ccc(Oc2cc(C(=O)Nc3cc(C)ccc3C)c(O)c3ccccc23)c(C)c1. The van der Waals surface area contributed by atoms with Gasteiger partial charge in [0.15, 0.2) is 0 Å². The summed E-state index contributed by atoms with van der Waals surface area (Å²) in [4.78, 5) is 13.4. The summed E-state index contributed by atoms with van der Waals surface area (Å²) in [6, 6.07) is 23.3. The second-order valence-corrected chi connectivity index (χ2v) is 10.5. The number of fused-ring (bicyclic) bond motifs is 1. The van der Waals surface area contributed by atoms with E-state index in [1.807, 2.05) is 75.4 Å². The summed E-state index contributed by atoms with van der Waals surface area (Å²) in [5.74, 6) is 10.9. The summed E-state index contributed by atoms with van der Waals surface area (Å²) in [7, 11) is 0. The van der Waals surface area contributed by atoms with Crippen molar-refractivity contribution in [1.29, 1.82) is 0 Å². The average Bonchev–Trinajstić information content (AvgIpc) is 3.46. The number of terminal acetylenes is 1. The summed E-state index contributed by atoms with van der Waals surface area (Å²) in [5.41, 5.74) is 4.65. The number of rotatable bonds is 7. The fourth-order valence-corrected chi connectivity index (χ4v) is 5.09. The van der Waals surface area contributed by atoms with Crippen molar-refractivity contribution < 1.29 is 14.6 Å². The smallest absolute Gasteiger partial charge is 0.259 e. The Morgan fingerprint density at radius 3 is 2.58 bits per heavy atom. The standard InChI is InChI=1S/C34H25N5O3S/c1-5-6-7-10-17-39-34(36-37-38-39)43-21-25-15-16-30(24(4)19-25)42-31-20-28(32(40)27-12-9-8-11-26(27)31)33(41)35-29-18-22(2)13-14-23(29)3/h1,8-9,11-16,18-20,40H,21H2,2-4H3,(H,35,41). The van der Waals surface area contributed by atoms with Gasteiger partial charge in [-0.2, -0.15) is 0 Å². The molecule has 43 heavy (non-hydrogen) atoms. The number of anilines is 1. The van der Waals surface area contributed by atoms with Crippen molar-refractivity contribution in [2.45, 2.75) is 31.7 Å². The van der Waals surface area contributed by atoms with E-state index in [2.05, 4.69) is 50.6 Å². The number of aromatic nitrogens is 4. The van der Waals surface area contributed by atoms with Gasteiger partial charge in [0.05, 0.1) is 11.6 Å². The van der Waals surface area contributed by atoms with Crippen molar-refractivity contribution >= 4 is 34.1 Å². The molecule has 2 N–H and O–H groups in total. The molecule has 0 unspecified atom stereocenters. The second kappa shape index (κ2) is 12.9. The molecule has 0 saturated carbocycles. The van der Waals surface area contributed by atoms with Crippen LogP contribution < -0.4 is 10.1 Å². The number of thioether (sulfide) groups is 1. The molecule has 0 spiro atoms. The summed E-state index contributed by atoms with van der Waals surface area (Å²) in [5, 5.41) is 27.3. The Balaban J connectivity index is 1.38. The molecule has 5 aromatic rings. The van der Waals surface area contributed by atoms with Gasteiger partial charge in [0.2, 0.25) is 5.16 Å². The van der Waals surface area contributed by atoms with E-state index in [0.717, 1.165) is 22.3 Å². The normalized spacial score (nSPS) is 10.2. The Morgan fingerprint density at radius 1 is 0.977 bits per heavy atom. The lowest BCUT2D eigenvalue weighted by Crippen LogP contribution is -2.13. The highest BCUT2D eigenvalue weighted by molar-refractivity contribution is 7.98. The first-order chi connectivity index (χ1) is 20.8. The van der Waals surface area contributed by atoms with Crippen molar-refractivity contribution in [3.8, 4) is 53.4 Å². The number of carbonyl (C=O) groups excluding carboxylic acids is 1. The van der Waals surface area contributed by atoms with Crippen molar-refractivity contribution in [2.75, 3.05) is 5.32 Å². The topological polar surface area (TPSA) is 102 Å². The predicted octanol–water partition coefficient (Wildman–Crippen LogP) is 6.24. The third-order valence-corrected chi connectivity index (χ3v) is 7.48. The minimum absolute atomic E-state index is 0.107. The van der Waals surface area contributed by atoms with Crippen molar-refractivity contribution in [2.24, 2.45) is 0 Å². The molecule has 5 rings (SSSR count). The molecule has 1 aromatic heterocycles. The maximum Gasteiger partial charge on any atom is 0.259 e. The molecule has 0 aliphatic rings. The minimum Gasteiger partial charge on any atom is -0.506 e. The highest BCUT2D eigenvalue weighted by atomic mass is 32.2. The second-order valence-electron chi connectivity index (χ2n) is 9.58. The third-order valence-electron chi connectivity index (χ3n) is 6.49. The van der Waals surface area contributed by atoms with Crippen LogP contribution >= 0.6 is 11.8 Å². The van der Waals surface area contributed by atoms with E-state index in [0.29, 0.717) is 38.9 Å². The number of nitrogens with zero attached hydrogens (tertiary/aromatic N) is 4. The Labute approximate surface area is 253 Å². The Hall–Kier alpha value is -5.69. The van der Waals surface area contributed by atoms with Crippen LogP contribution in [0.5, 0.6) is 17.2 Å². The van der Waals surface area contributed by atoms with E-state index < -0.39 is 5.91 Å². The fourth-order valence-electron chi connectivity index (χ4n) is 4.31. The summed E-state index contributed by atoms with van der Waals surface area (Å²) in [6.45, 7) is 5.82. The van der Waals surface area contributed by atoms with Crippen LogP contribution in [0.4, 0.5) is 5.69 Å². The molecule has 4 aromatic carbocycles. The summed E-state index contributed by atoms with van der Waals surface area (Å²) in [6.07, 6.45) is 5.10. The van der Waals surface area contributed by atoms with Gasteiger partial charge in [-0.3, -0.25) is 4.79 Å². The van der Waals surface area contributed by atoms with E-state index >= 15 is 0 Å². The number of carbonyl (C=O) groups is 1. The van der Waals surface area contributed by atoms with Crippen LogP contribution in [-0.2, 0) is 5.75 Å². The van der Waals surface area contributed by atoms with Crippen LogP contribution in [0.25, 0.3) is 10.8 Å². The van der Waals surface area contributed by atoms with Gasteiger partial charge in [0.25, 0.3) is 5.91 Å². The number of hydrogen-bond acceptors (Lipinski definition) is 7. The molecule has 0 aliphatic carbocycles. The predicted molar refractivity (Wildman–Crippen MR) is 168 cm³/mol. The zero-order chi connectivity index (χ0) is 30.3. The molecule has 0 radical (unpaired) electrons. The highest BCUT2D eigenvalue weighted by Crippen LogP contribution is 2.39. The van der Waals surface area contributed by atoms with Crippen LogP contribution in [-0.4, -0.2) is 31.2 Å². The zero-order valence-electron chi connectivity index (χ0n) is 23.6. The molecule has 8 nitrogen and oxygen atoms in total. The first-order valence-corrected chi connectivity index (χ1v) is 14.1. The molecule has 0 fully saturated rings. The van der Waals surface area contributed by atoms with E-state index in [1.165, 1.54) is 16.4 Å². The minimum atomic E-state index is -0.430. The number of tetrazole rings is 1. The number of amides is 1. The first kappa shape index (κ1) is 28.8. The molecule has 1 heterocycles. The van der Waals surface area contributed by atoms with Crippen LogP contribution in [0.1, 0.15) is 32.6 Å². The number of phenolic OH excluding ortho intramolecular Hbond substituents is 1. The monoisotopic (exact) mass is 583 g/mol. The molecule has 0 bridgehead atoms. The lowest BCUT2D eigenvalue weighted by atomic mass is 10.0. The van der Waals surface area contributed by atoms with Gasteiger partial charge in [-0.25, -0.2) is 0 Å². The quantitative estimate of drug-likeness (QED) is 0.173. The molecule has 210 valence electrons. The molecule has 0 aliphatic heterocycles. The van der Waals surface area contributed by atoms with E-state index in [4.69, 9.17) is 11.2 Å². The lowest BCUT2D eigenvalue weighted by Gasteiger charge is -2.16. The number of phenols is 1.